The van der Waals surface area contributed by atoms with Gasteiger partial charge in [0.15, 0.2) is 0 Å². The molecule has 0 spiro atoms. The summed E-state index contributed by atoms with van der Waals surface area (Å²) in [5, 5.41) is 8.94. The summed E-state index contributed by atoms with van der Waals surface area (Å²) in [5.41, 5.74) is 1.07. The quantitative estimate of drug-likeness (QED) is 0.726. The first kappa shape index (κ1) is 15.5. The number of carbonyl (C=O) groups excluding carboxylic acids is 2. The number of carbonyl (C=O) groups is 2. The van der Waals surface area contributed by atoms with Gasteiger partial charge in [-0.3, -0.25) is 9.59 Å². The topological polar surface area (TPSA) is 70.2 Å². The van der Waals surface area contributed by atoms with E-state index in [0.717, 1.165) is 31.5 Å². The highest BCUT2D eigenvalue weighted by Gasteiger charge is 2.20. The van der Waals surface area contributed by atoms with Crippen LogP contribution in [0.1, 0.15) is 24.8 Å². The maximum atomic E-state index is 11.9. The highest BCUT2D eigenvalue weighted by molar-refractivity contribution is 5.80. The van der Waals surface area contributed by atoms with E-state index in [0.29, 0.717) is 19.5 Å². The molecule has 0 saturated carbocycles. The summed E-state index contributed by atoms with van der Waals surface area (Å²) in [4.78, 5) is 23.6. The van der Waals surface area contributed by atoms with Crippen LogP contribution in [0.2, 0.25) is 0 Å². The predicted octanol–water partition coefficient (Wildman–Crippen LogP) is 0.809. The lowest BCUT2D eigenvalue weighted by molar-refractivity contribution is -0.126. The van der Waals surface area contributed by atoms with Crippen molar-refractivity contribution in [2.75, 3.05) is 19.6 Å². The second-order valence-electron chi connectivity index (χ2n) is 5.33. The van der Waals surface area contributed by atoms with Crippen LogP contribution in [0.4, 0.5) is 0 Å². The maximum Gasteiger partial charge on any atom is 0.223 e. The van der Waals surface area contributed by atoms with Crippen LogP contribution >= 0.6 is 0 Å². The van der Waals surface area contributed by atoms with E-state index in [1.54, 1.807) is 0 Å². The fourth-order valence-electron chi connectivity index (χ4n) is 2.41. The number of hydrogen-bond acceptors (Lipinski definition) is 3. The van der Waals surface area contributed by atoms with Gasteiger partial charge in [0, 0.05) is 25.4 Å². The van der Waals surface area contributed by atoms with Gasteiger partial charge < -0.3 is 16.0 Å². The second-order valence-corrected chi connectivity index (χ2v) is 5.33. The van der Waals surface area contributed by atoms with Crippen molar-refractivity contribution in [1.29, 1.82) is 0 Å². The van der Waals surface area contributed by atoms with E-state index < -0.39 is 0 Å². The van der Waals surface area contributed by atoms with Crippen molar-refractivity contribution in [3.8, 4) is 0 Å². The second kappa shape index (κ2) is 8.42. The van der Waals surface area contributed by atoms with Gasteiger partial charge in [-0.1, -0.05) is 30.3 Å². The monoisotopic (exact) mass is 289 g/mol. The van der Waals surface area contributed by atoms with E-state index in [1.807, 2.05) is 30.3 Å². The Kier molecular flexibility index (Phi) is 6.22. The summed E-state index contributed by atoms with van der Waals surface area (Å²) >= 11 is 0. The zero-order valence-electron chi connectivity index (χ0n) is 12.2. The fourth-order valence-corrected chi connectivity index (χ4v) is 2.41. The molecule has 2 amide bonds. The van der Waals surface area contributed by atoms with E-state index in [2.05, 4.69) is 16.0 Å². The predicted molar refractivity (Wildman–Crippen MR) is 81.5 cm³/mol. The zero-order chi connectivity index (χ0) is 14.9. The van der Waals surface area contributed by atoms with Crippen LogP contribution in [0, 0.1) is 5.92 Å². The smallest absolute Gasteiger partial charge is 0.223 e. The summed E-state index contributed by atoms with van der Waals surface area (Å²) in [6.07, 6.45) is 2.08. The van der Waals surface area contributed by atoms with Crippen LogP contribution in [0.3, 0.4) is 0 Å². The Morgan fingerprint density at radius 3 is 2.52 bits per heavy atom. The fraction of sp³-hybridized carbons (Fsp3) is 0.500. The Labute approximate surface area is 125 Å². The molecule has 5 heteroatoms. The number of nitrogens with one attached hydrogen (secondary N) is 3. The molecule has 1 fully saturated rings. The Bertz CT molecular complexity index is 456. The van der Waals surface area contributed by atoms with Gasteiger partial charge in [-0.2, -0.15) is 0 Å². The van der Waals surface area contributed by atoms with Crippen molar-refractivity contribution in [2.24, 2.45) is 5.92 Å². The lowest BCUT2D eigenvalue weighted by Crippen LogP contribution is -2.39. The molecule has 114 valence electrons. The van der Waals surface area contributed by atoms with Crippen molar-refractivity contribution in [1.82, 2.24) is 16.0 Å². The van der Waals surface area contributed by atoms with Crippen molar-refractivity contribution < 1.29 is 9.59 Å². The molecular weight excluding hydrogens is 266 g/mol. The van der Waals surface area contributed by atoms with Gasteiger partial charge in [0.2, 0.25) is 11.8 Å². The van der Waals surface area contributed by atoms with Crippen LogP contribution in [0.15, 0.2) is 30.3 Å². The molecule has 0 atom stereocenters. The van der Waals surface area contributed by atoms with E-state index in [1.165, 1.54) is 0 Å². The molecule has 0 radical (unpaired) electrons. The van der Waals surface area contributed by atoms with Crippen molar-refractivity contribution in [2.45, 2.75) is 25.8 Å². The first-order valence-electron chi connectivity index (χ1n) is 7.55. The van der Waals surface area contributed by atoms with E-state index >= 15 is 0 Å². The summed E-state index contributed by atoms with van der Waals surface area (Å²) in [5.74, 6) is 0.135. The van der Waals surface area contributed by atoms with Crippen LogP contribution in [0.5, 0.6) is 0 Å². The lowest BCUT2D eigenvalue weighted by atomic mass is 9.97. The average molecular weight is 289 g/mol. The number of benzene rings is 1. The molecule has 3 N–H and O–H groups in total. The van der Waals surface area contributed by atoms with E-state index in [9.17, 15) is 9.59 Å². The molecule has 1 aliphatic heterocycles. The van der Waals surface area contributed by atoms with Crippen LogP contribution in [-0.4, -0.2) is 31.4 Å². The van der Waals surface area contributed by atoms with Crippen molar-refractivity contribution in [3.63, 3.8) is 0 Å². The zero-order valence-corrected chi connectivity index (χ0v) is 12.2. The molecule has 0 aromatic heterocycles. The summed E-state index contributed by atoms with van der Waals surface area (Å²) in [6.45, 7) is 2.73. The third-order valence-electron chi connectivity index (χ3n) is 3.69. The Hall–Kier alpha value is -1.88. The first-order chi connectivity index (χ1) is 10.3. The average Bonchev–Trinajstić information content (AvgIpc) is 2.54. The minimum absolute atomic E-state index is 0.0375. The molecule has 2 rings (SSSR count). The van der Waals surface area contributed by atoms with Crippen molar-refractivity contribution >= 4 is 11.8 Å². The Balaban J connectivity index is 1.59. The molecule has 0 aliphatic carbocycles. The number of rotatable bonds is 6. The lowest BCUT2D eigenvalue weighted by Gasteiger charge is -2.21. The molecule has 1 aromatic carbocycles. The Morgan fingerprint density at radius 1 is 1.10 bits per heavy atom. The highest BCUT2D eigenvalue weighted by Crippen LogP contribution is 2.11. The van der Waals surface area contributed by atoms with Gasteiger partial charge in [0.1, 0.15) is 0 Å². The van der Waals surface area contributed by atoms with Crippen LogP contribution < -0.4 is 16.0 Å². The molecule has 1 saturated heterocycles. The van der Waals surface area contributed by atoms with Crippen LogP contribution in [0.25, 0.3) is 0 Å². The molecule has 0 bridgehead atoms. The Morgan fingerprint density at radius 2 is 1.81 bits per heavy atom. The minimum atomic E-state index is -0.0375. The van der Waals surface area contributed by atoms with E-state index in [-0.39, 0.29) is 17.7 Å². The molecule has 1 heterocycles. The third-order valence-corrected chi connectivity index (χ3v) is 3.69. The van der Waals surface area contributed by atoms with Crippen molar-refractivity contribution in [3.05, 3.63) is 35.9 Å². The van der Waals surface area contributed by atoms with Gasteiger partial charge in [-0.25, -0.2) is 0 Å². The summed E-state index contributed by atoms with van der Waals surface area (Å²) in [7, 11) is 0. The maximum absolute atomic E-state index is 11.9. The molecule has 5 nitrogen and oxygen atoms in total. The molecule has 21 heavy (non-hydrogen) atoms. The highest BCUT2D eigenvalue weighted by atomic mass is 16.2. The van der Waals surface area contributed by atoms with Gasteiger partial charge in [-0.05, 0) is 31.5 Å². The largest absolute Gasteiger partial charge is 0.355 e. The normalized spacial score (nSPS) is 15.4. The van der Waals surface area contributed by atoms with E-state index in [4.69, 9.17) is 0 Å². The molecular formula is C16H23N3O2. The number of amides is 2. The summed E-state index contributed by atoms with van der Waals surface area (Å²) < 4.78 is 0. The number of hydrogen-bond donors (Lipinski definition) is 3. The first-order valence-corrected chi connectivity index (χ1v) is 7.55. The van der Waals surface area contributed by atoms with Gasteiger partial charge >= 0.3 is 0 Å². The van der Waals surface area contributed by atoms with Gasteiger partial charge in [0.05, 0.1) is 0 Å². The summed E-state index contributed by atoms with van der Waals surface area (Å²) in [6, 6.07) is 9.78. The molecule has 1 aromatic rings. The standard InChI is InChI=1S/C16H23N3O2/c20-15(19-12-13-4-2-1-3-5-13)8-11-18-16(21)14-6-9-17-10-7-14/h1-5,14,17H,6-12H2,(H,18,21)(H,19,20). The third kappa shape index (κ3) is 5.55. The minimum Gasteiger partial charge on any atom is -0.355 e. The SMILES string of the molecule is O=C(CCNC(=O)C1CCNCC1)NCc1ccccc1. The molecule has 1 aliphatic rings. The van der Waals surface area contributed by atoms with Gasteiger partial charge in [-0.15, -0.1) is 0 Å². The number of piperidine rings is 1. The molecule has 0 unspecified atom stereocenters. The van der Waals surface area contributed by atoms with Crippen LogP contribution in [-0.2, 0) is 16.1 Å². The van der Waals surface area contributed by atoms with Gasteiger partial charge in [0.25, 0.3) is 0 Å².